The van der Waals surface area contributed by atoms with E-state index in [0.29, 0.717) is 0 Å². The van der Waals surface area contributed by atoms with Crippen molar-refractivity contribution in [1.82, 2.24) is 10.2 Å². The fourth-order valence-corrected chi connectivity index (χ4v) is 4.53. The number of likely N-dealkylation sites (tertiary alicyclic amines) is 1. The molecule has 2 nitrogen and oxygen atoms in total. The second-order valence-electron chi connectivity index (χ2n) is 6.89. The standard InChI is InChI=1S/C15H28N2/c1-11(2)14-5-3-4-6-15(14)17-9-12-7-16-8-13(12)10-17/h11-16H,3-10H2,1-2H3. The molecule has 0 radical (unpaired) electrons. The summed E-state index contributed by atoms with van der Waals surface area (Å²) in [6.45, 7) is 10.2. The van der Waals surface area contributed by atoms with E-state index in [1.54, 1.807) is 0 Å². The van der Waals surface area contributed by atoms with Gasteiger partial charge < -0.3 is 5.32 Å². The molecule has 98 valence electrons. The molecule has 2 saturated heterocycles. The van der Waals surface area contributed by atoms with Crippen LogP contribution in [0.25, 0.3) is 0 Å². The third-order valence-corrected chi connectivity index (χ3v) is 5.52. The van der Waals surface area contributed by atoms with Crippen molar-refractivity contribution in [2.75, 3.05) is 26.2 Å². The highest BCUT2D eigenvalue weighted by Gasteiger charge is 2.41. The van der Waals surface area contributed by atoms with E-state index in [9.17, 15) is 0 Å². The normalized spacial score (nSPS) is 43.2. The molecule has 0 aromatic rings. The molecule has 4 atom stereocenters. The lowest BCUT2D eigenvalue weighted by atomic mass is 9.77. The van der Waals surface area contributed by atoms with E-state index in [4.69, 9.17) is 0 Å². The quantitative estimate of drug-likeness (QED) is 0.792. The van der Waals surface area contributed by atoms with Gasteiger partial charge >= 0.3 is 0 Å². The molecule has 0 aromatic carbocycles. The Labute approximate surface area is 106 Å². The smallest absolute Gasteiger partial charge is 0.0126 e. The van der Waals surface area contributed by atoms with Crippen molar-refractivity contribution in [3.05, 3.63) is 0 Å². The number of rotatable bonds is 2. The first kappa shape index (κ1) is 12.0. The van der Waals surface area contributed by atoms with Crippen molar-refractivity contribution in [3.63, 3.8) is 0 Å². The molecule has 1 N–H and O–H groups in total. The van der Waals surface area contributed by atoms with Gasteiger partial charge in [0.25, 0.3) is 0 Å². The molecule has 0 amide bonds. The maximum atomic E-state index is 3.56. The second-order valence-corrected chi connectivity index (χ2v) is 6.89. The Hall–Kier alpha value is -0.0800. The molecule has 0 aromatic heterocycles. The first-order chi connectivity index (χ1) is 8.25. The molecule has 3 aliphatic rings. The SMILES string of the molecule is CC(C)C1CCCCC1N1CC2CNCC2C1. The van der Waals surface area contributed by atoms with Crippen molar-refractivity contribution in [2.24, 2.45) is 23.7 Å². The zero-order valence-electron chi connectivity index (χ0n) is 11.5. The van der Waals surface area contributed by atoms with Crippen LogP contribution in [-0.2, 0) is 0 Å². The van der Waals surface area contributed by atoms with Crippen molar-refractivity contribution < 1.29 is 0 Å². The minimum Gasteiger partial charge on any atom is -0.316 e. The maximum absolute atomic E-state index is 3.56. The number of nitrogens with zero attached hydrogens (tertiary/aromatic N) is 1. The minimum atomic E-state index is 0.874. The molecule has 2 heterocycles. The summed E-state index contributed by atoms with van der Waals surface area (Å²) in [7, 11) is 0. The summed E-state index contributed by atoms with van der Waals surface area (Å²) >= 11 is 0. The summed E-state index contributed by atoms with van der Waals surface area (Å²) in [6.07, 6.45) is 5.89. The lowest BCUT2D eigenvalue weighted by Gasteiger charge is -2.40. The zero-order chi connectivity index (χ0) is 11.8. The van der Waals surface area contributed by atoms with Crippen LogP contribution in [0.1, 0.15) is 39.5 Å². The maximum Gasteiger partial charge on any atom is 0.0126 e. The van der Waals surface area contributed by atoms with Gasteiger partial charge in [-0.25, -0.2) is 0 Å². The highest BCUT2D eigenvalue weighted by molar-refractivity contribution is 4.96. The summed E-state index contributed by atoms with van der Waals surface area (Å²) in [4.78, 5) is 2.86. The molecule has 2 aliphatic heterocycles. The van der Waals surface area contributed by atoms with Crippen molar-refractivity contribution in [1.29, 1.82) is 0 Å². The van der Waals surface area contributed by atoms with E-state index >= 15 is 0 Å². The third-order valence-electron chi connectivity index (χ3n) is 5.52. The van der Waals surface area contributed by atoms with Crippen molar-refractivity contribution in [2.45, 2.75) is 45.6 Å². The van der Waals surface area contributed by atoms with Crippen LogP contribution in [0.4, 0.5) is 0 Å². The van der Waals surface area contributed by atoms with Gasteiger partial charge in [0.15, 0.2) is 0 Å². The van der Waals surface area contributed by atoms with Gasteiger partial charge in [0.1, 0.15) is 0 Å². The van der Waals surface area contributed by atoms with E-state index in [0.717, 1.165) is 29.7 Å². The Bertz CT molecular complexity index is 252. The third kappa shape index (κ3) is 2.26. The Morgan fingerprint density at radius 2 is 1.65 bits per heavy atom. The van der Waals surface area contributed by atoms with Gasteiger partial charge in [-0.1, -0.05) is 26.7 Å². The molecule has 1 aliphatic carbocycles. The molecule has 3 fully saturated rings. The van der Waals surface area contributed by atoms with E-state index in [-0.39, 0.29) is 0 Å². The highest BCUT2D eigenvalue weighted by atomic mass is 15.2. The van der Waals surface area contributed by atoms with Crippen LogP contribution in [0.2, 0.25) is 0 Å². The van der Waals surface area contributed by atoms with Gasteiger partial charge in [-0.2, -0.15) is 0 Å². The lowest BCUT2D eigenvalue weighted by molar-refractivity contribution is 0.0924. The molecule has 3 rings (SSSR count). The van der Waals surface area contributed by atoms with Crippen LogP contribution in [0.15, 0.2) is 0 Å². The van der Waals surface area contributed by atoms with Crippen molar-refractivity contribution >= 4 is 0 Å². The summed E-state index contributed by atoms with van der Waals surface area (Å²) in [6, 6.07) is 0.911. The van der Waals surface area contributed by atoms with Gasteiger partial charge in [0, 0.05) is 19.1 Å². The average Bonchev–Trinajstić information content (AvgIpc) is 2.88. The van der Waals surface area contributed by atoms with Gasteiger partial charge in [-0.3, -0.25) is 4.90 Å². The molecule has 17 heavy (non-hydrogen) atoms. The predicted molar refractivity (Wildman–Crippen MR) is 72.0 cm³/mol. The fourth-order valence-electron chi connectivity index (χ4n) is 4.53. The van der Waals surface area contributed by atoms with E-state index in [1.807, 2.05) is 0 Å². The first-order valence-corrected chi connectivity index (χ1v) is 7.70. The number of hydrogen-bond acceptors (Lipinski definition) is 2. The molecule has 2 heteroatoms. The molecular weight excluding hydrogens is 208 g/mol. The molecular formula is C15H28N2. The van der Waals surface area contributed by atoms with Crippen LogP contribution in [0.5, 0.6) is 0 Å². The fraction of sp³-hybridized carbons (Fsp3) is 1.00. The average molecular weight is 236 g/mol. The topological polar surface area (TPSA) is 15.3 Å². The van der Waals surface area contributed by atoms with Crippen LogP contribution in [0.3, 0.4) is 0 Å². The Kier molecular flexibility index (Phi) is 3.45. The minimum absolute atomic E-state index is 0.874. The van der Waals surface area contributed by atoms with E-state index < -0.39 is 0 Å². The zero-order valence-corrected chi connectivity index (χ0v) is 11.5. The summed E-state index contributed by atoms with van der Waals surface area (Å²) in [5, 5.41) is 3.56. The Morgan fingerprint density at radius 1 is 1.00 bits per heavy atom. The number of fused-ring (bicyclic) bond motifs is 1. The molecule has 4 unspecified atom stereocenters. The van der Waals surface area contributed by atoms with Crippen molar-refractivity contribution in [3.8, 4) is 0 Å². The molecule has 1 saturated carbocycles. The highest BCUT2D eigenvalue weighted by Crippen LogP contribution is 2.37. The molecule has 0 spiro atoms. The van der Waals surface area contributed by atoms with Crippen LogP contribution in [-0.4, -0.2) is 37.1 Å². The number of nitrogens with one attached hydrogen (secondary N) is 1. The van der Waals surface area contributed by atoms with Crippen LogP contribution >= 0.6 is 0 Å². The van der Waals surface area contributed by atoms with E-state index in [1.165, 1.54) is 51.9 Å². The van der Waals surface area contributed by atoms with Gasteiger partial charge in [-0.05, 0) is 49.6 Å². The largest absolute Gasteiger partial charge is 0.316 e. The van der Waals surface area contributed by atoms with E-state index in [2.05, 4.69) is 24.1 Å². The Morgan fingerprint density at radius 3 is 2.29 bits per heavy atom. The van der Waals surface area contributed by atoms with Gasteiger partial charge in [0.05, 0.1) is 0 Å². The van der Waals surface area contributed by atoms with Gasteiger partial charge in [0.2, 0.25) is 0 Å². The predicted octanol–water partition coefficient (Wildman–Crippen LogP) is 2.35. The summed E-state index contributed by atoms with van der Waals surface area (Å²) in [5.41, 5.74) is 0. The lowest BCUT2D eigenvalue weighted by Crippen LogP contribution is -2.44. The van der Waals surface area contributed by atoms with Crippen LogP contribution < -0.4 is 5.32 Å². The summed E-state index contributed by atoms with van der Waals surface area (Å²) < 4.78 is 0. The van der Waals surface area contributed by atoms with Crippen LogP contribution in [0, 0.1) is 23.7 Å². The Balaban J connectivity index is 1.66. The second kappa shape index (κ2) is 4.89. The van der Waals surface area contributed by atoms with Gasteiger partial charge in [-0.15, -0.1) is 0 Å². The summed E-state index contributed by atoms with van der Waals surface area (Å²) in [5.74, 6) is 3.77. The number of hydrogen-bond donors (Lipinski definition) is 1. The monoisotopic (exact) mass is 236 g/mol. The first-order valence-electron chi connectivity index (χ1n) is 7.70. The molecule has 0 bridgehead atoms.